The Morgan fingerprint density at radius 2 is 1.59 bits per heavy atom. The SMILES string of the molecule is CCCCCS(=O)(=O)CC(=O)NCCCN1c2ccccc2Sc2ccccc21. The Morgan fingerprint density at radius 1 is 0.966 bits per heavy atom. The van der Waals surface area contributed by atoms with Crippen LogP contribution in [0.15, 0.2) is 58.3 Å². The molecule has 3 rings (SSSR count). The molecule has 7 heteroatoms. The maximum absolute atomic E-state index is 12.0. The first-order valence-electron chi connectivity index (χ1n) is 10.1. The van der Waals surface area contributed by atoms with Crippen molar-refractivity contribution in [3.63, 3.8) is 0 Å². The van der Waals surface area contributed by atoms with Crippen molar-refractivity contribution in [1.82, 2.24) is 5.32 Å². The van der Waals surface area contributed by atoms with E-state index in [9.17, 15) is 13.2 Å². The number of amides is 1. The molecule has 29 heavy (non-hydrogen) atoms. The van der Waals surface area contributed by atoms with Gasteiger partial charge in [0.2, 0.25) is 5.91 Å². The molecule has 0 unspecified atom stereocenters. The number of carbonyl (C=O) groups excluding carboxylic acids is 1. The molecule has 156 valence electrons. The van der Waals surface area contributed by atoms with E-state index in [4.69, 9.17) is 0 Å². The van der Waals surface area contributed by atoms with Crippen molar-refractivity contribution in [2.75, 3.05) is 29.5 Å². The highest BCUT2D eigenvalue weighted by Crippen LogP contribution is 2.47. The van der Waals surface area contributed by atoms with Gasteiger partial charge in [0.1, 0.15) is 5.75 Å². The van der Waals surface area contributed by atoms with Gasteiger partial charge in [0.15, 0.2) is 9.84 Å². The first-order chi connectivity index (χ1) is 14.0. The number of carbonyl (C=O) groups is 1. The van der Waals surface area contributed by atoms with Crippen molar-refractivity contribution in [2.24, 2.45) is 0 Å². The summed E-state index contributed by atoms with van der Waals surface area (Å²) in [6.45, 7) is 3.23. The van der Waals surface area contributed by atoms with E-state index in [1.165, 1.54) is 21.2 Å². The normalized spacial score (nSPS) is 12.9. The molecule has 0 radical (unpaired) electrons. The third-order valence-electron chi connectivity index (χ3n) is 4.82. The van der Waals surface area contributed by atoms with Crippen molar-refractivity contribution >= 4 is 38.9 Å². The molecule has 1 N–H and O–H groups in total. The number of hydrogen-bond acceptors (Lipinski definition) is 5. The van der Waals surface area contributed by atoms with E-state index in [1.807, 2.05) is 31.2 Å². The molecule has 0 spiro atoms. The molecular formula is C22H28N2O3S2. The van der Waals surface area contributed by atoms with E-state index < -0.39 is 21.5 Å². The summed E-state index contributed by atoms with van der Waals surface area (Å²) in [5, 5.41) is 2.77. The molecule has 2 aromatic rings. The summed E-state index contributed by atoms with van der Waals surface area (Å²) in [7, 11) is -3.32. The average molecular weight is 433 g/mol. The molecule has 1 aliphatic heterocycles. The number of sulfone groups is 1. The summed E-state index contributed by atoms with van der Waals surface area (Å²) in [6.07, 6.45) is 3.19. The molecule has 1 aliphatic rings. The van der Waals surface area contributed by atoms with Gasteiger partial charge in [-0.2, -0.15) is 0 Å². The fourth-order valence-corrected chi connectivity index (χ4v) is 5.77. The number of anilines is 2. The lowest BCUT2D eigenvalue weighted by molar-refractivity contribution is -0.118. The van der Waals surface area contributed by atoms with Crippen LogP contribution in [-0.4, -0.2) is 38.9 Å². The van der Waals surface area contributed by atoms with Gasteiger partial charge in [0, 0.05) is 22.9 Å². The summed E-state index contributed by atoms with van der Waals surface area (Å²) >= 11 is 1.77. The van der Waals surface area contributed by atoms with Crippen molar-refractivity contribution in [2.45, 2.75) is 42.4 Å². The van der Waals surface area contributed by atoms with E-state index >= 15 is 0 Å². The smallest absolute Gasteiger partial charge is 0.235 e. The molecule has 1 amide bonds. The number of unbranched alkanes of at least 4 members (excludes halogenated alkanes) is 2. The fraction of sp³-hybridized carbons (Fsp3) is 0.409. The zero-order valence-electron chi connectivity index (χ0n) is 16.8. The van der Waals surface area contributed by atoms with Gasteiger partial charge < -0.3 is 10.2 Å². The number of para-hydroxylation sites is 2. The molecule has 0 aromatic heterocycles. The van der Waals surface area contributed by atoms with E-state index in [0.29, 0.717) is 13.0 Å². The quantitative estimate of drug-likeness (QED) is 0.564. The monoisotopic (exact) mass is 432 g/mol. The number of nitrogens with zero attached hydrogens (tertiary/aromatic N) is 1. The highest BCUT2D eigenvalue weighted by Gasteiger charge is 2.22. The molecule has 0 atom stereocenters. The summed E-state index contributed by atoms with van der Waals surface area (Å²) in [6, 6.07) is 16.6. The van der Waals surface area contributed by atoms with Gasteiger partial charge in [-0.3, -0.25) is 4.79 Å². The summed E-state index contributed by atoms with van der Waals surface area (Å²) in [5.74, 6) is -0.729. The van der Waals surface area contributed by atoms with Crippen LogP contribution < -0.4 is 10.2 Å². The first-order valence-corrected chi connectivity index (χ1v) is 12.7. The van der Waals surface area contributed by atoms with Gasteiger partial charge in [-0.05, 0) is 37.1 Å². The second-order valence-corrected chi connectivity index (χ2v) is 10.5. The first kappa shape index (κ1) is 21.7. The molecule has 0 saturated carbocycles. The lowest BCUT2D eigenvalue weighted by atomic mass is 10.2. The third-order valence-corrected chi connectivity index (χ3v) is 7.57. The van der Waals surface area contributed by atoms with Crippen molar-refractivity contribution in [3.8, 4) is 0 Å². The maximum atomic E-state index is 12.0. The molecule has 0 saturated heterocycles. The van der Waals surface area contributed by atoms with Crippen LogP contribution in [0.3, 0.4) is 0 Å². The molecule has 0 aliphatic carbocycles. The van der Waals surface area contributed by atoms with Crippen LogP contribution in [0.4, 0.5) is 11.4 Å². The number of nitrogens with one attached hydrogen (secondary N) is 1. The lowest BCUT2D eigenvalue weighted by Crippen LogP contribution is -2.33. The van der Waals surface area contributed by atoms with Crippen LogP contribution in [0.5, 0.6) is 0 Å². The minimum atomic E-state index is -3.32. The molecule has 0 fully saturated rings. The van der Waals surface area contributed by atoms with E-state index in [2.05, 4.69) is 34.5 Å². The topological polar surface area (TPSA) is 66.5 Å². The second kappa shape index (κ2) is 10.2. The van der Waals surface area contributed by atoms with Gasteiger partial charge in [-0.15, -0.1) is 0 Å². The second-order valence-electron chi connectivity index (χ2n) is 7.19. The Hall–Kier alpha value is -1.99. The minimum Gasteiger partial charge on any atom is -0.355 e. The Bertz CT molecular complexity index is 899. The lowest BCUT2D eigenvalue weighted by Gasteiger charge is -2.32. The standard InChI is InChI=1S/C22H28N2O3S2/c1-2-3-8-16-29(26,27)17-22(25)23-14-9-15-24-18-10-4-6-12-20(18)28-21-13-7-5-11-19(21)24/h4-7,10-13H,2-3,8-9,14-17H2,1H3,(H,23,25). The van der Waals surface area contributed by atoms with Crippen LogP contribution in [0.2, 0.25) is 0 Å². The Balaban J connectivity index is 1.53. The minimum absolute atomic E-state index is 0.0905. The molecule has 1 heterocycles. The number of fused-ring (bicyclic) bond motifs is 2. The van der Waals surface area contributed by atoms with Gasteiger partial charge in [0.05, 0.1) is 17.1 Å². The maximum Gasteiger partial charge on any atom is 0.235 e. The zero-order chi connectivity index (χ0) is 20.7. The number of benzene rings is 2. The zero-order valence-corrected chi connectivity index (χ0v) is 18.4. The van der Waals surface area contributed by atoms with Crippen LogP contribution in [0, 0.1) is 0 Å². The molecule has 5 nitrogen and oxygen atoms in total. The van der Waals surface area contributed by atoms with Crippen LogP contribution in [0.25, 0.3) is 0 Å². The van der Waals surface area contributed by atoms with Gasteiger partial charge in [-0.25, -0.2) is 8.42 Å². The third kappa shape index (κ3) is 6.00. The fourth-order valence-electron chi connectivity index (χ4n) is 3.38. The van der Waals surface area contributed by atoms with Crippen molar-refractivity contribution < 1.29 is 13.2 Å². The molecule has 0 bridgehead atoms. The molecular weight excluding hydrogens is 404 g/mol. The summed E-state index contributed by atoms with van der Waals surface area (Å²) in [5.41, 5.74) is 2.34. The largest absolute Gasteiger partial charge is 0.355 e. The average Bonchev–Trinajstić information content (AvgIpc) is 2.70. The van der Waals surface area contributed by atoms with E-state index in [-0.39, 0.29) is 5.75 Å². The summed E-state index contributed by atoms with van der Waals surface area (Å²) in [4.78, 5) is 16.7. The summed E-state index contributed by atoms with van der Waals surface area (Å²) < 4.78 is 24.0. The van der Waals surface area contributed by atoms with Gasteiger partial charge >= 0.3 is 0 Å². The van der Waals surface area contributed by atoms with E-state index in [1.54, 1.807) is 11.8 Å². The van der Waals surface area contributed by atoms with Gasteiger partial charge in [-0.1, -0.05) is 55.8 Å². The van der Waals surface area contributed by atoms with E-state index in [0.717, 1.165) is 25.8 Å². The highest BCUT2D eigenvalue weighted by molar-refractivity contribution is 7.99. The Morgan fingerprint density at radius 3 is 2.21 bits per heavy atom. The van der Waals surface area contributed by atoms with Gasteiger partial charge in [0.25, 0.3) is 0 Å². The number of hydrogen-bond donors (Lipinski definition) is 1. The Labute approximate surface area is 177 Å². The van der Waals surface area contributed by atoms with Crippen LogP contribution in [0.1, 0.15) is 32.6 Å². The highest BCUT2D eigenvalue weighted by atomic mass is 32.2. The number of rotatable bonds is 10. The predicted octanol–water partition coefficient (Wildman–Crippen LogP) is 4.40. The Kier molecular flexibility index (Phi) is 7.61. The van der Waals surface area contributed by atoms with Crippen molar-refractivity contribution in [1.29, 1.82) is 0 Å². The molecule has 2 aromatic carbocycles. The van der Waals surface area contributed by atoms with Crippen LogP contribution >= 0.6 is 11.8 Å². The van der Waals surface area contributed by atoms with Crippen molar-refractivity contribution in [3.05, 3.63) is 48.5 Å². The van der Waals surface area contributed by atoms with Crippen LogP contribution in [-0.2, 0) is 14.6 Å². The predicted molar refractivity (Wildman–Crippen MR) is 120 cm³/mol.